The van der Waals surface area contributed by atoms with Crippen LogP contribution in [-0.2, 0) is 28.4 Å². The fourth-order valence-corrected chi connectivity index (χ4v) is 8.89. The summed E-state index contributed by atoms with van der Waals surface area (Å²) in [4.78, 5) is 0. The third-order valence-corrected chi connectivity index (χ3v) is 12.6. The lowest BCUT2D eigenvalue weighted by Gasteiger charge is -2.29. The van der Waals surface area contributed by atoms with Gasteiger partial charge >= 0.3 is 0 Å². The summed E-state index contributed by atoms with van der Waals surface area (Å²) in [6, 6.07) is 16.8. The minimum Gasteiger partial charge on any atom is -0.496 e. The highest BCUT2D eigenvalue weighted by Gasteiger charge is 2.31. The molecule has 14 nitrogen and oxygen atoms in total. The van der Waals surface area contributed by atoms with Crippen LogP contribution in [0.2, 0.25) is 0 Å². The van der Waals surface area contributed by atoms with Crippen LogP contribution < -0.4 is 37.9 Å². The molecule has 360 valence electrons. The monoisotopic (exact) mass is 916 g/mol. The number of fused-ring (bicyclic) bond motifs is 15. The summed E-state index contributed by atoms with van der Waals surface area (Å²) >= 11 is 0. The lowest BCUT2D eigenvalue weighted by atomic mass is 9.80. The summed E-state index contributed by atoms with van der Waals surface area (Å²) in [6.45, 7) is 14.9. The van der Waals surface area contributed by atoms with E-state index in [1.807, 2.05) is 24.3 Å². The highest BCUT2D eigenvalue weighted by molar-refractivity contribution is 5.62. The first-order valence-electron chi connectivity index (χ1n) is 23.1. The van der Waals surface area contributed by atoms with Crippen LogP contribution in [0.5, 0.6) is 46.0 Å². The van der Waals surface area contributed by atoms with Crippen LogP contribution >= 0.6 is 0 Å². The molecule has 1 aliphatic carbocycles. The van der Waals surface area contributed by atoms with Crippen molar-refractivity contribution in [3.63, 3.8) is 0 Å². The third kappa shape index (κ3) is 11.6. The average molecular weight is 917 g/mol. The Hall–Kier alpha value is -4.96. The van der Waals surface area contributed by atoms with E-state index in [-0.39, 0.29) is 23.7 Å². The van der Waals surface area contributed by atoms with Crippen molar-refractivity contribution in [3.05, 3.63) is 93.0 Å². The van der Waals surface area contributed by atoms with Crippen LogP contribution in [0.1, 0.15) is 95.9 Å². The molecular formula is C52H68O14. The molecule has 0 aromatic heterocycles. The lowest BCUT2D eigenvalue weighted by Crippen LogP contribution is -2.17. The van der Waals surface area contributed by atoms with Crippen molar-refractivity contribution in [1.29, 1.82) is 0 Å². The lowest BCUT2D eigenvalue weighted by molar-refractivity contribution is 0.00484. The van der Waals surface area contributed by atoms with E-state index >= 15 is 0 Å². The van der Waals surface area contributed by atoms with Gasteiger partial charge in [0.2, 0.25) is 0 Å². The maximum Gasteiger partial charge on any atom is 0.126 e. The SMILES string of the molecule is COc1cc2c3cc1[C@@H](C)c1cc(c(OC)cc1OCCOCCOCCOCCO2)[C@@H](C)c1cc2c(OC)cc1OCCOCCOCCOCCOc1cc(OC)c(cc1[C@@H]2C)[C@H]3C. The van der Waals surface area contributed by atoms with E-state index in [1.54, 1.807) is 28.4 Å². The largest absolute Gasteiger partial charge is 0.496 e. The van der Waals surface area contributed by atoms with E-state index in [2.05, 4.69) is 52.0 Å². The van der Waals surface area contributed by atoms with Gasteiger partial charge in [0, 0.05) is 92.4 Å². The van der Waals surface area contributed by atoms with Crippen molar-refractivity contribution in [3.8, 4) is 46.0 Å². The Morgan fingerprint density at radius 1 is 0.273 bits per heavy atom. The zero-order valence-electron chi connectivity index (χ0n) is 40.0. The molecule has 10 bridgehead atoms. The number of methoxy groups -OCH3 is 4. The number of ether oxygens (including phenoxy) is 14. The van der Waals surface area contributed by atoms with E-state index in [1.165, 1.54) is 0 Å². The van der Waals surface area contributed by atoms with Crippen molar-refractivity contribution < 1.29 is 66.3 Å². The number of hydrogen-bond donors (Lipinski definition) is 0. The first kappa shape index (κ1) is 49.0. The summed E-state index contributed by atoms with van der Waals surface area (Å²) < 4.78 is 86.6. The van der Waals surface area contributed by atoms with Gasteiger partial charge in [-0.25, -0.2) is 0 Å². The van der Waals surface area contributed by atoms with Crippen molar-refractivity contribution in [2.24, 2.45) is 0 Å². The molecule has 0 saturated heterocycles. The van der Waals surface area contributed by atoms with Gasteiger partial charge in [-0.15, -0.1) is 0 Å². The quantitative estimate of drug-likeness (QED) is 0.182. The van der Waals surface area contributed by atoms with Gasteiger partial charge in [0.1, 0.15) is 72.4 Å². The average Bonchev–Trinajstić information content (AvgIpc) is 3.34. The Kier molecular flexibility index (Phi) is 17.9. The molecule has 4 aliphatic rings. The second-order valence-electron chi connectivity index (χ2n) is 16.5. The summed E-state index contributed by atoms with van der Waals surface area (Å²) in [5.41, 5.74) is 7.57. The summed E-state index contributed by atoms with van der Waals surface area (Å²) in [5.74, 6) is 4.41. The van der Waals surface area contributed by atoms with E-state index in [0.29, 0.717) is 152 Å². The molecule has 0 radical (unpaired) electrons. The van der Waals surface area contributed by atoms with Crippen molar-refractivity contribution in [2.45, 2.75) is 51.4 Å². The van der Waals surface area contributed by atoms with Gasteiger partial charge in [-0.3, -0.25) is 0 Å². The molecule has 0 fully saturated rings. The molecule has 0 N–H and O–H groups in total. The van der Waals surface area contributed by atoms with E-state index in [4.69, 9.17) is 66.3 Å². The van der Waals surface area contributed by atoms with Crippen LogP contribution in [0.4, 0.5) is 0 Å². The zero-order valence-corrected chi connectivity index (χ0v) is 40.0. The normalized spacial score (nSPS) is 21.7. The van der Waals surface area contributed by atoms with E-state index < -0.39 is 0 Å². The second kappa shape index (κ2) is 24.2. The number of hydrogen-bond acceptors (Lipinski definition) is 14. The second-order valence-corrected chi connectivity index (χ2v) is 16.5. The molecule has 0 unspecified atom stereocenters. The Morgan fingerprint density at radius 2 is 0.455 bits per heavy atom. The van der Waals surface area contributed by atoms with E-state index in [9.17, 15) is 0 Å². The maximum absolute atomic E-state index is 6.62. The van der Waals surface area contributed by atoms with Gasteiger partial charge in [0.25, 0.3) is 0 Å². The molecule has 14 heteroatoms. The molecule has 4 atom stereocenters. The summed E-state index contributed by atoms with van der Waals surface area (Å²) in [5, 5.41) is 0. The van der Waals surface area contributed by atoms with Crippen LogP contribution in [0, 0.1) is 0 Å². The van der Waals surface area contributed by atoms with Crippen LogP contribution in [0.15, 0.2) is 48.5 Å². The Bertz CT molecular complexity index is 2020. The fourth-order valence-electron chi connectivity index (χ4n) is 8.89. The molecule has 66 heavy (non-hydrogen) atoms. The van der Waals surface area contributed by atoms with Gasteiger partial charge in [-0.05, 0) is 24.3 Å². The molecule has 3 aliphatic heterocycles. The zero-order chi connectivity index (χ0) is 46.4. The van der Waals surface area contributed by atoms with Gasteiger partial charge in [0.15, 0.2) is 0 Å². The molecule has 0 saturated carbocycles. The maximum atomic E-state index is 6.62. The first-order chi connectivity index (χ1) is 32.3. The van der Waals surface area contributed by atoms with E-state index in [0.717, 1.165) is 44.5 Å². The van der Waals surface area contributed by atoms with Crippen molar-refractivity contribution in [1.82, 2.24) is 0 Å². The molecule has 0 amide bonds. The molecule has 0 spiro atoms. The molecule has 4 aromatic rings. The number of benzene rings is 4. The summed E-state index contributed by atoms with van der Waals surface area (Å²) in [6.07, 6.45) is 0. The predicted octanol–water partition coefficient (Wildman–Crippen LogP) is 8.28. The standard InChI is InChI=1S/C52H68O14/c1-33-37-25-43-36(4)40-28-42-34(2)38-26-44(52(30-46(38)54-6)66-24-20-62-16-12-58-10-14-60-18-22-64-50(42)32-48(40)56-8)35(3)39-27-41(33)49(31-47(39)55-7)63-21-17-59-13-9-57-11-15-61-19-23-65-51(43)29-45(37)53-5/h25-36H,9-24H2,1-8H3/t33-,34-,35-,36-/m1/s1. The molecular weight excluding hydrogens is 849 g/mol. The third-order valence-electron chi connectivity index (χ3n) is 12.6. The van der Waals surface area contributed by atoms with Gasteiger partial charge in [-0.1, -0.05) is 27.7 Å². The van der Waals surface area contributed by atoms with Crippen molar-refractivity contribution >= 4 is 0 Å². The van der Waals surface area contributed by atoms with Gasteiger partial charge in [-0.2, -0.15) is 0 Å². The highest BCUT2D eigenvalue weighted by atomic mass is 16.6. The number of rotatable bonds is 4. The minimum absolute atomic E-state index is 0.242. The Balaban J connectivity index is 1.51. The Labute approximate surface area is 389 Å². The first-order valence-corrected chi connectivity index (χ1v) is 23.1. The molecule has 3 heterocycles. The van der Waals surface area contributed by atoms with Crippen molar-refractivity contribution in [2.75, 3.05) is 134 Å². The molecule has 8 rings (SSSR count). The molecule has 4 aromatic carbocycles. The van der Waals surface area contributed by atoms with Crippen LogP contribution in [0.3, 0.4) is 0 Å². The van der Waals surface area contributed by atoms with Gasteiger partial charge < -0.3 is 66.3 Å². The van der Waals surface area contributed by atoms with Crippen LogP contribution in [0.25, 0.3) is 0 Å². The smallest absolute Gasteiger partial charge is 0.126 e. The summed E-state index contributed by atoms with van der Waals surface area (Å²) in [7, 11) is 6.76. The fraction of sp³-hybridized carbons (Fsp3) is 0.538. The highest BCUT2D eigenvalue weighted by Crippen LogP contribution is 2.50. The minimum atomic E-state index is -0.247. The predicted molar refractivity (Wildman–Crippen MR) is 249 cm³/mol. The van der Waals surface area contributed by atoms with Gasteiger partial charge in [0.05, 0.1) is 108 Å². The Morgan fingerprint density at radius 3 is 0.636 bits per heavy atom. The topological polar surface area (TPSA) is 129 Å². The van der Waals surface area contributed by atoms with Crippen LogP contribution in [-0.4, -0.2) is 134 Å².